The number of benzene rings is 1. The number of aliphatic hydroxyl groups is 1. The zero-order chi connectivity index (χ0) is 18.7. The van der Waals surface area contributed by atoms with Gasteiger partial charge in [0, 0.05) is 40.7 Å². The standard InChI is InChI=1S/C21H25FN2OS/c1-14(2)10-18-12-19(21(26-18)6-9-25)16-4-5-17(20(22)11-16)13-24-8-7-23-15(24)3/h4-5,7-8,11-12,14,25H,6,9-10,13H2,1-3H3. The first-order valence-corrected chi connectivity index (χ1v) is 9.78. The number of aliphatic hydroxyl groups excluding tert-OH is 1. The molecule has 1 aromatic carbocycles. The zero-order valence-corrected chi connectivity index (χ0v) is 16.3. The minimum atomic E-state index is -0.206. The number of thiophene rings is 1. The van der Waals surface area contributed by atoms with Crippen molar-refractivity contribution in [3.05, 3.63) is 63.6 Å². The average Bonchev–Trinajstić information content (AvgIpc) is 3.16. The zero-order valence-electron chi connectivity index (χ0n) is 15.5. The molecule has 1 N–H and O–H groups in total. The van der Waals surface area contributed by atoms with E-state index < -0.39 is 0 Å². The number of rotatable bonds is 7. The molecule has 3 aromatic rings. The second-order valence-corrected chi connectivity index (χ2v) is 8.25. The van der Waals surface area contributed by atoms with Crippen molar-refractivity contribution < 1.29 is 9.50 Å². The van der Waals surface area contributed by atoms with Gasteiger partial charge in [-0.2, -0.15) is 0 Å². The summed E-state index contributed by atoms with van der Waals surface area (Å²) in [6, 6.07) is 7.60. The van der Waals surface area contributed by atoms with Gasteiger partial charge in [0.25, 0.3) is 0 Å². The first-order chi connectivity index (χ1) is 12.5. The van der Waals surface area contributed by atoms with Gasteiger partial charge in [0.2, 0.25) is 0 Å². The molecule has 0 atom stereocenters. The Morgan fingerprint density at radius 2 is 2.08 bits per heavy atom. The second-order valence-electron chi connectivity index (χ2n) is 7.03. The van der Waals surface area contributed by atoms with Crippen molar-refractivity contribution in [1.82, 2.24) is 9.55 Å². The van der Waals surface area contributed by atoms with Crippen LogP contribution in [-0.2, 0) is 19.4 Å². The molecule has 0 aliphatic heterocycles. The summed E-state index contributed by atoms with van der Waals surface area (Å²) >= 11 is 1.73. The third-order valence-corrected chi connectivity index (χ3v) is 5.65. The van der Waals surface area contributed by atoms with Crippen molar-refractivity contribution in [2.45, 2.75) is 40.2 Å². The van der Waals surface area contributed by atoms with Gasteiger partial charge in [-0.05, 0) is 42.5 Å². The van der Waals surface area contributed by atoms with E-state index in [-0.39, 0.29) is 12.4 Å². The van der Waals surface area contributed by atoms with Gasteiger partial charge in [0.1, 0.15) is 11.6 Å². The fourth-order valence-electron chi connectivity index (χ4n) is 3.12. The quantitative estimate of drug-likeness (QED) is 0.644. The number of halogens is 1. The van der Waals surface area contributed by atoms with Crippen LogP contribution in [0.1, 0.15) is 35.0 Å². The molecule has 0 unspecified atom stereocenters. The van der Waals surface area contributed by atoms with Crippen molar-refractivity contribution in [3.63, 3.8) is 0 Å². The molecule has 0 amide bonds. The van der Waals surface area contributed by atoms with E-state index >= 15 is 0 Å². The third-order valence-electron chi connectivity index (χ3n) is 4.44. The molecule has 26 heavy (non-hydrogen) atoms. The minimum Gasteiger partial charge on any atom is -0.396 e. The fraction of sp³-hybridized carbons (Fsp3) is 0.381. The normalized spacial score (nSPS) is 11.5. The van der Waals surface area contributed by atoms with Gasteiger partial charge in [-0.25, -0.2) is 9.37 Å². The van der Waals surface area contributed by atoms with E-state index in [0.29, 0.717) is 24.4 Å². The molecule has 0 saturated carbocycles. The van der Waals surface area contributed by atoms with E-state index in [2.05, 4.69) is 24.9 Å². The van der Waals surface area contributed by atoms with Crippen LogP contribution in [-0.4, -0.2) is 21.3 Å². The predicted molar refractivity (Wildman–Crippen MR) is 105 cm³/mol. The van der Waals surface area contributed by atoms with Crippen LogP contribution in [0.5, 0.6) is 0 Å². The summed E-state index contributed by atoms with van der Waals surface area (Å²) in [6.07, 6.45) is 5.20. The van der Waals surface area contributed by atoms with Crippen LogP contribution < -0.4 is 0 Å². The lowest BCUT2D eigenvalue weighted by atomic mass is 10.0. The van der Waals surface area contributed by atoms with Gasteiger partial charge in [-0.15, -0.1) is 11.3 Å². The van der Waals surface area contributed by atoms with Crippen LogP contribution in [0.3, 0.4) is 0 Å². The van der Waals surface area contributed by atoms with E-state index in [0.717, 1.165) is 28.2 Å². The lowest BCUT2D eigenvalue weighted by Gasteiger charge is -2.09. The highest BCUT2D eigenvalue weighted by molar-refractivity contribution is 7.12. The Hall–Kier alpha value is -1.98. The SMILES string of the molecule is Cc1nccn1Cc1ccc(-c2cc(CC(C)C)sc2CCO)cc1F. The van der Waals surface area contributed by atoms with E-state index in [9.17, 15) is 9.50 Å². The highest BCUT2D eigenvalue weighted by Crippen LogP contribution is 2.34. The maximum atomic E-state index is 14.7. The van der Waals surface area contributed by atoms with Crippen molar-refractivity contribution >= 4 is 11.3 Å². The molecule has 3 nitrogen and oxygen atoms in total. The fourth-order valence-corrected chi connectivity index (χ4v) is 4.51. The largest absolute Gasteiger partial charge is 0.396 e. The van der Waals surface area contributed by atoms with Crippen molar-refractivity contribution in [3.8, 4) is 11.1 Å². The summed E-state index contributed by atoms with van der Waals surface area (Å²) in [6.45, 7) is 6.88. The Morgan fingerprint density at radius 1 is 1.27 bits per heavy atom. The first kappa shape index (κ1) is 18.8. The molecular formula is C21H25FN2OS. The lowest BCUT2D eigenvalue weighted by Crippen LogP contribution is -2.03. The van der Waals surface area contributed by atoms with Crippen LogP contribution in [0.25, 0.3) is 11.1 Å². The van der Waals surface area contributed by atoms with Crippen molar-refractivity contribution in [1.29, 1.82) is 0 Å². The lowest BCUT2D eigenvalue weighted by molar-refractivity contribution is 0.301. The molecule has 5 heteroatoms. The van der Waals surface area contributed by atoms with Gasteiger partial charge in [-0.3, -0.25) is 0 Å². The Balaban J connectivity index is 1.90. The molecular weight excluding hydrogens is 347 g/mol. The maximum absolute atomic E-state index is 14.7. The first-order valence-electron chi connectivity index (χ1n) is 8.97. The molecule has 3 rings (SSSR count). The van der Waals surface area contributed by atoms with E-state index in [1.54, 1.807) is 23.6 Å². The number of aryl methyl sites for hydroxylation is 1. The van der Waals surface area contributed by atoms with Gasteiger partial charge in [0.15, 0.2) is 0 Å². The maximum Gasteiger partial charge on any atom is 0.128 e. The number of aromatic nitrogens is 2. The number of hydrogen-bond donors (Lipinski definition) is 1. The Morgan fingerprint density at radius 3 is 2.69 bits per heavy atom. The molecule has 0 aliphatic rings. The number of nitrogens with zero attached hydrogens (tertiary/aromatic N) is 2. The highest BCUT2D eigenvalue weighted by atomic mass is 32.1. The topological polar surface area (TPSA) is 38.0 Å². The van der Waals surface area contributed by atoms with Gasteiger partial charge in [0.05, 0.1) is 6.54 Å². The second kappa shape index (κ2) is 8.14. The molecule has 0 bridgehead atoms. The molecule has 0 aliphatic carbocycles. The molecule has 2 heterocycles. The molecule has 0 radical (unpaired) electrons. The Kier molecular flexibility index (Phi) is 5.89. The summed E-state index contributed by atoms with van der Waals surface area (Å²) < 4.78 is 16.6. The van der Waals surface area contributed by atoms with Crippen LogP contribution in [0.2, 0.25) is 0 Å². The van der Waals surface area contributed by atoms with Gasteiger partial charge in [-0.1, -0.05) is 26.0 Å². The van der Waals surface area contributed by atoms with Crippen LogP contribution in [0, 0.1) is 18.7 Å². The summed E-state index contributed by atoms with van der Waals surface area (Å²) in [7, 11) is 0. The summed E-state index contributed by atoms with van der Waals surface area (Å²) in [5.74, 6) is 1.23. The molecule has 2 aromatic heterocycles. The summed E-state index contributed by atoms with van der Waals surface area (Å²) in [5, 5.41) is 9.37. The molecule has 0 fully saturated rings. The highest BCUT2D eigenvalue weighted by Gasteiger charge is 2.14. The molecule has 0 saturated heterocycles. The van der Waals surface area contributed by atoms with Gasteiger partial charge < -0.3 is 9.67 Å². The smallest absolute Gasteiger partial charge is 0.128 e. The Bertz CT molecular complexity index is 882. The van der Waals surface area contributed by atoms with Crippen LogP contribution in [0.15, 0.2) is 36.7 Å². The third kappa shape index (κ3) is 4.22. The molecule has 0 spiro atoms. The molecule has 138 valence electrons. The van der Waals surface area contributed by atoms with E-state index in [4.69, 9.17) is 0 Å². The van der Waals surface area contributed by atoms with Gasteiger partial charge >= 0.3 is 0 Å². The summed E-state index contributed by atoms with van der Waals surface area (Å²) in [5.41, 5.74) is 2.57. The number of hydrogen-bond acceptors (Lipinski definition) is 3. The monoisotopic (exact) mass is 372 g/mol. The van der Waals surface area contributed by atoms with Crippen LogP contribution in [0.4, 0.5) is 4.39 Å². The van der Waals surface area contributed by atoms with Crippen molar-refractivity contribution in [2.24, 2.45) is 5.92 Å². The van der Waals surface area contributed by atoms with E-state index in [1.807, 2.05) is 29.8 Å². The number of imidazole rings is 1. The predicted octanol–water partition coefficient (Wildman–Crippen LogP) is 4.84. The Labute approximate surface area is 158 Å². The average molecular weight is 373 g/mol. The van der Waals surface area contributed by atoms with E-state index in [1.165, 1.54) is 4.88 Å². The van der Waals surface area contributed by atoms with Crippen LogP contribution >= 0.6 is 11.3 Å². The minimum absolute atomic E-state index is 0.106. The van der Waals surface area contributed by atoms with Crippen molar-refractivity contribution in [2.75, 3.05) is 6.61 Å². The summed E-state index contributed by atoms with van der Waals surface area (Å²) in [4.78, 5) is 6.60.